The lowest BCUT2D eigenvalue weighted by Gasteiger charge is -2.30. The molecule has 162 valence electrons. The van der Waals surface area contributed by atoms with Gasteiger partial charge >= 0.3 is 0 Å². The van der Waals surface area contributed by atoms with Crippen molar-refractivity contribution in [3.05, 3.63) is 94.7 Å². The standard InChI is InChI=1S/C27H26N2O3/c1-16-7-9-17(10-8-16)19-13-22-26(24(31)14-19)27(18-11-12-23(30)25(15-18)32-2)29-21-6-4-3-5-20(21)28-22/h3-12,15,19,27-30H,13-14H2,1-2H3/t19-,27+/m0/s1. The number of carbonyl (C=O) groups is 1. The number of ketones is 1. The van der Waals surface area contributed by atoms with Crippen molar-refractivity contribution in [1.82, 2.24) is 0 Å². The van der Waals surface area contributed by atoms with E-state index in [4.69, 9.17) is 4.74 Å². The van der Waals surface area contributed by atoms with Crippen molar-refractivity contribution in [3.63, 3.8) is 0 Å². The molecule has 0 amide bonds. The molecular weight excluding hydrogens is 400 g/mol. The number of aryl methyl sites for hydroxylation is 1. The Kier molecular flexibility index (Phi) is 5.10. The molecule has 3 aromatic carbocycles. The number of ether oxygens (including phenoxy) is 1. The van der Waals surface area contributed by atoms with Gasteiger partial charge in [0, 0.05) is 17.7 Å². The number of rotatable bonds is 3. The first-order chi connectivity index (χ1) is 15.5. The van der Waals surface area contributed by atoms with E-state index < -0.39 is 0 Å². The van der Waals surface area contributed by atoms with Crippen LogP contribution in [0, 0.1) is 6.92 Å². The Labute approximate surface area is 187 Å². The van der Waals surface area contributed by atoms with Crippen LogP contribution in [0.2, 0.25) is 0 Å². The fraction of sp³-hybridized carbons (Fsp3) is 0.222. The van der Waals surface area contributed by atoms with Crippen molar-refractivity contribution in [3.8, 4) is 11.5 Å². The van der Waals surface area contributed by atoms with Gasteiger partial charge in [-0.2, -0.15) is 0 Å². The first-order valence-corrected chi connectivity index (χ1v) is 10.9. The summed E-state index contributed by atoms with van der Waals surface area (Å²) in [5, 5.41) is 17.2. The summed E-state index contributed by atoms with van der Waals surface area (Å²) in [6.45, 7) is 2.07. The minimum atomic E-state index is -0.345. The van der Waals surface area contributed by atoms with Gasteiger partial charge in [0.15, 0.2) is 17.3 Å². The highest BCUT2D eigenvalue weighted by Crippen LogP contribution is 2.45. The van der Waals surface area contributed by atoms with Gasteiger partial charge in [0.1, 0.15) is 0 Å². The van der Waals surface area contributed by atoms with E-state index in [1.165, 1.54) is 18.2 Å². The Bertz CT molecular complexity index is 1210. The van der Waals surface area contributed by atoms with Crippen LogP contribution in [0.5, 0.6) is 11.5 Å². The van der Waals surface area contributed by atoms with Crippen molar-refractivity contribution in [2.24, 2.45) is 0 Å². The summed E-state index contributed by atoms with van der Waals surface area (Å²) in [4.78, 5) is 13.6. The molecule has 0 saturated carbocycles. The SMILES string of the molecule is COc1cc([C@H]2Nc3ccccc3NC3=C2C(=O)C[C@@H](c2ccc(C)cc2)C3)ccc1O. The Morgan fingerprint density at radius 3 is 2.41 bits per heavy atom. The first-order valence-electron chi connectivity index (χ1n) is 10.9. The predicted molar refractivity (Wildman–Crippen MR) is 126 cm³/mol. The number of hydrogen-bond acceptors (Lipinski definition) is 5. The second-order valence-electron chi connectivity index (χ2n) is 8.51. The van der Waals surface area contributed by atoms with Crippen LogP contribution < -0.4 is 15.4 Å². The maximum atomic E-state index is 13.6. The number of anilines is 2. The van der Waals surface area contributed by atoms with Crippen molar-refractivity contribution in [1.29, 1.82) is 0 Å². The molecule has 0 bridgehead atoms. The van der Waals surface area contributed by atoms with Gasteiger partial charge in [0.2, 0.25) is 0 Å². The minimum Gasteiger partial charge on any atom is -0.504 e. The Morgan fingerprint density at radius 2 is 1.66 bits per heavy atom. The van der Waals surface area contributed by atoms with Crippen LogP contribution in [0.3, 0.4) is 0 Å². The summed E-state index contributed by atoms with van der Waals surface area (Å²) in [6.07, 6.45) is 1.22. The molecule has 0 unspecified atom stereocenters. The number of phenolic OH excluding ortho intramolecular Hbond substituents is 1. The van der Waals surface area contributed by atoms with Crippen molar-refractivity contribution >= 4 is 17.2 Å². The van der Waals surface area contributed by atoms with Crippen molar-refractivity contribution in [2.75, 3.05) is 17.7 Å². The lowest BCUT2D eigenvalue weighted by molar-refractivity contribution is -0.116. The first kappa shape index (κ1) is 20.2. The lowest BCUT2D eigenvalue weighted by Crippen LogP contribution is -2.26. The molecule has 2 aliphatic rings. The Balaban J connectivity index is 1.61. The van der Waals surface area contributed by atoms with Crippen molar-refractivity contribution in [2.45, 2.75) is 31.7 Å². The number of allylic oxidation sites excluding steroid dienone is 1. The molecule has 0 aromatic heterocycles. The zero-order valence-corrected chi connectivity index (χ0v) is 18.2. The molecule has 0 radical (unpaired) electrons. The monoisotopic (exact) mass is 426 g/mol. The van der Waals surface area contributed by atoms with E-state index in [2.05, 4.69) is 41.8 Å². The molecule has 5 nitrogen and oxygen atoms in total. The highest BCUT2D eigenvalue weighted by molar-refractivity contribution is 6.01. The third-order valence-corrected chi connectivity index (χ3v) is 6.39. The van der Waals surface area contributed by atoms with Gasteiger partial charge < -0.3 is 20.5 Å². The van der Waals surface area contributed by atoms with E-state index in [-0.39, 0.29) is 23.5 Å². The number of phenols is 1. The second kappa shape index (κ2) is 8.08. The van der Waals surface area contributed by atoms with Crippen molar-refractivity contribution < 1.29 is 14.6 Å². The second-order valence-corrected chi connectivity index (χ2v) is 8.51. The van der Waals surface area contributed by atoms with Gasteiger partial charge in [-0.05, 0) is 54.7 Å². The third kappa shape index (κ3) is 3.60. The number of nitrogens with one attached hydrogen (secondary N) is 2. The van der Waals surface area contributed by atoms with E-state index in [0.29, 0.717) is 12.2 Å². The number of aromatic hydroxyl groups is 1. The summed E-state index contributed by atoms with van der Waals surface area (Å²) in [5.74, 6) is 0.723. The highest BCUT2D eigenvalue weighted by atomic mass is 16.5. The Hall–Kier alpha value is -3.73. The molecule has 1 aliphatic carbocycles. The van der Waals surface area contributed by atoms with Gasteiger partial charge in [-0.1, -0.05) is 48.0 Å². The number of carbonyl (C=O) groups excluding carboxylic acids is 1. The number of fused-ring (bicyclic) bond motifs is 1. The quantitative estimate of drug-likeness (QED) is 0.502. The molecule has 3 aromatic rings. The molecule has 5 rings (SSSR count). The number of benzene rings is 3. The zero-order valence-electron chi connectivity index (χ0n) is 18.2. The maximum absolute atomic E-state index is 13.6. The van der Waals surface area contributed by atoms with Crippen LogP contribution >= 0.6 is 0 Å². The molecule has 0 spiro atoms. The van der Waals surface area contributed by atoms with Crippen LogP contribution in [0.25, 0.3) is 0 Å². The average molecular weight is 427 g/mol. The maximum Gasteiger partial charge on any atom is 0.163 e. The summed E-state index contributed by atoms with van der Waals surface area (Å²) in [7, 11) is 1.53. The molecule has 32 heavy (non-hydrogen) atoms. The summed E-state index contributed by atoms with van der Waals surface area (Å²) in [6, 6.07) is 21.4. The average Bonchev–Trinajstić information content (AvgIpc) is 2.97. The van der Waals surface area contributed by atoms with Crippen LogP contribution in [-0.2, 0) is 4.79 Å². The summed E-state index contributed by atoms with van der Waals surface area (Å²) in [5.41, 5.74) is 6.84. The van der Waals surface area contributed by atoms with E-state index >= 15 is 0 Å². The normalized spacial score (nSPS) is 19.9. The number of Topliss-reactive ketones (excluding diaryl/α,β-unsaturated/α-hetero) is 1. The molecule has 1 heterocycles. The smallest absolute Gasteiger partial charge is 0.163 e. The van der Waals surface area contributed by atoms with E-state index in [0.717, 1.165) is 34.6 Å². The number of methoxy groups -OCH3 is 1. The molecule has 1 aliphatic heterocycles. The van der Waals surface area contributed by atoms with Crippen LogP contribution in [0.4, 0.5) is 11.4 Å². The van der Waals surface area contributed by atoms with E-state index in [1.807, 2.05) is 30.3 Å². The van der Waals surface area contributed by atoms with Gasteiger partial charge in [0.05, 0.1) is 24.5 Å². The third-order valence-electron chi connectivity index (χ3n) is 6.39. The van der Waals surface area contributed by atoms with Gasteiger partial charge in [0.25, 0.3) is 0 Å². The predicted octanol–water partition coefficient (Wildman–Crippen LogP) is 5.69. The molecule has 0 fully saturated rings. The number of para-hydroxylation sites is 2. The van der Waals surface area contributed by atoms with Gasteiger partial charge in [-0.15, -0.1) is 0 Å². The van der Waals surface area contributed by atoms with E-state index in [9.17, 15) is 9.90 Å². The van der Waals surface area contributed by atoms with Crippen LogP contribution in [-0.4, -0.2) is 18.0 Å². The van der Waals surface area contributed by atoms with Gasteiger partial charge in [-0.3, -0.25) is 4.79 Å². The molecule has 2 atom stereocenters. The minimum absolute atomic E-state index is 0.0759. The lowest BCUT2D eigenvalue weighted by atomic mass is 9.78. The van der Waals surface area contributed by atoms with Gasteiger partial charge in [-0.25, -0.2) is 0 Å². The van der Waals surface area contributed by atoms with Crippen LogP contribution in [0.15, 0.2) is 78.0 Å². The fourth-order valence-electron chi connectivity index (χ4n) is 4.69. The summed E-state index contributed by atoms with van der Waals surface area (Å²) < 4.78 is 5.33. The molecule has 5 heteroatoms. The van der Waals surface area contributed by atoms with Crippen LogP contribution in [0.1, 0.15) is 41.5 Å². The largest absolute Gasteiger partial charge is 0.504 e. The fourth-order valence-corrected chi connectivity index (χ4v) is 4.69. The number of hydrogen-bond donors (Lipinski definition) is 3. The Morgan fingerprint density at radius 1 is 0.938 bits per heavy atom. The summed E-state index contributed by atoms with van der Waals surface area (Å²) >= 11 is 0. The van der Waals surface area contributed by atoms with E-state index in [1.54, 1.807) is 12.1 Å². The highest BCUT2D eigenvalue weighted by Gasteiger charge is 2.36. The zero-order chi connectivity index (χ0) is 22.2. The topological polar surface area (TPSA) is 70.6 Å². The molecule has 0 saturated heterocycles. The molecular formula is C27H26N2O3. The molecule has 3 N–H and O–H groups in total.